The van der Waals surface area contributed by atoms with Crippen molar-refractivity contribution in [1.29, 1.82) is 0 Å². The third kappa shape index (κ3) is 6.19. The first-order chi connectivity index (χ1) is 18.0. The number of hydrogen-bond donors (Lipinski definition) is 1. The Labute approximate surface area is 217 Å². The van der Waals surface area contributed by atoms with E-state index in [9.17, 15) is 4.79 Å². The highest BCUT2D eigenvalue weighted by Gasteiger charge is 2.25. The van der Waals surface area contributed by atoms with Crippen LogP contribution in [-0.2, 0) is 9.47 Å². The van der Waals surface area contributed by atoms with Crippen LogP contribution in [0.5, 0.6) is 5.75 Å². The van der Waals surface area contributed by atoms with E-state index in [1.54, 1.807) is 44.4 Å². The SMILES string of the molecule is CC(C)OC(=O)OCOc1c(C(Nc2ccccn2)c2cccc(N=[N+]=[N-])c2Cl)ccc2cccnc12. The van der Waals surface area contributed by atoms with Crippen LogP contribution in [0.15, 0.2) is 78.2 Å². The molecule has 1 unspecified atom stereocenters. The van der Waals surface area contributed by atoms with Crippen molar-refractivity contribution < 1.29 is 19.0 Å². The minimum atomic E-state index is -0.849. The second-order valence-electron chi connectivity index (χ2n) is 8.04. The molecule has 10 nitrogen and oxygen atoms in total. The highest BCUT2D eigenvalue weighted by atomic mass is 35.5. The van der Waals surface area contributed by atoms with Crippen molar-refractivity contribution in [3.05, 3.63) is 99.6 Å². The molecule has 0 saturated heterocycles. The van der Waals surface area contributed by atoms with Gasteiger partial charge >= 0.3 is 6.16 Å². The summed E-state index contributed by atoms with van der Waals surface area (Å²) in [4.78, 5) is 23.7. The summed E-state index contributed by atoms with van der Waals surface area (Å²) >= 11 is 6.70. The Bertz CT molecular complexity index is 1440. The molecular formula is C26H23ClN6O4. The van der Waals surface area contributed by atoms with E-state index in [1.165, 1.54) is 0 Å². The molecule has 2 heterocycles. The van der Waals surface area contributed by atoms with Crippen LogP contribution in [0.1, 0.15) is 31.0 Å². The maximum absolute atomic E-state index is 11.9. The highest BCUT2D eigenvalue weighted by molar-refractivity contribution is 6.33. The maximum Gasteiger partial charge on any atom is 0.511 e. The lowest BCUT2D eigenvalue weighted by Gasteiger charge is -2.25. The van der Waals surface area contributed by atoms with Gasteiger partial charge in [-0.15, -0.1) is 0 Å². The summed E-state index contributed by atoms with van der Waals surface area (Å²) in [6.45, 7) is 3.03. The quantitative estimate of drug-likeness (QED) is 0.0806. The van der Waals surface area contributed by atoms with Gasteiger partial charge in [-0.05, 0) is 43.1 Å². The van der Waals surface area contributed by atoms with Crippen LogP contribution in [0.4, 0.5) is 16.3 Å². The number of benzene rings is 2. The van der Waals surface area contributed by atoms with Crippen molar-refractivity contribution in [1.82, 2.24) is 9.97 Å². The van der Waals surface area contributed by atoms with Crippen molar-refractivity contribution in [3.63, 3.8) is 0 Å². The molecule has 1 atom stereocenters. The minimum absolute atomic E-state index is 0.262. The van der Waals surface area contributed by atoms with Gasteiger partial charge in [-0.2, -0.15) is 0 Å². The summed E-state index contributed by atoms with van der Waals surface area (Å²) in [5.74, 6) is 0.940. The smallest absolute Gasteiger partial charge is 0.455 e. The van der Waals surface area contributed by atoms with Crippen LogP contribution in [0.2, 0.25) is 5.02 Å². The monoisotopic (exact) mass is 518 g/mol. The number of fused-ring (bicyclic) bond motifs is 1. The molecule has 0 aliphatic heterocycles. The van der Waals surface area contributed by atoms with Crippen molar-refractivity contribution >= 4 is 40.2 Å². The van der Waals surface area contributed by atoms with E-state index in [4.69, 9.17) is 31.3 Å². The molecule has 37 heavy (non-hydrogen) atoms. The molecule has 2 aromatic heterocycles. The number of hydrogen-bond acceptors (Lipinski definition) is 8. The Hall–Kier alpha value is -4.53. The first kappa shape index (κ1) is 25.6. The summed E-state index contributed by atoms with van der Waals surface area (Å²) in [5.41, 5.74) is 11.1. The third-order valence-corrected chi connectivity index (χ3v) is 5.62. The largest absolute Gasteiger partial charge is 0.511 e. The third-order valence-electron chi connectivity index (χ3n) is 5.21. The molecular weight excluding hydrogens is 496 g/mol. The Morgan fingerprint density at radius 1 is 1.05 bits per heavy atom. The van der Waals surface area contributed by atoms with Crippen molar-refractivity contribution in [2.24, 2.45) is 5.11 Å². The minimum Gasteiger partial charge on any atom is -0.455 e. The number of nitrogens with one attached hydrogen (secondary N) is 1. The zero-order valence-corrected chi connectivity index (χ0v) is 20.8. The van der Waals surface area contributed by atoms with Gasteiger partial charge in [0, 0.05) is 28.3 Å². The second kappa shape index (κ2) is 11.9. The average Bonchev–Trinajstić information content (AvgIpc) is 2.89. The van der Waals surface area contributed by atoms with Crippen LogP contribution in [0.3, 0.4) is 0 Å². The molecule has 1 N–H and O–H groups in total. The van der Waals surface area contributed by atoms with Crippen LogP contribution in [0, 0.1) is 0 Å². The number of pyridine rings is 2. The van der Waals surface area contributed by atoms with Gasteiger partial charge < -0.3 is 19.5 Å². The summed E-state index contributed by atoms with van der Waals surface area (Å²) in [6.07, 6.45) is 2.12. The number of aromatic nitrogens is 2. The standard InChI is InChI=1S/C26H23ClN6O4/c1-16(2)37-26(34)36-15-35-25-19(12-11-17-7-6-14-30-23(17)25)24(31-21-10-3-4-13-29-21)18-8-5-9-20(22(18)27)32-33-28/h3-14,16,24H,15H2,1-2H3,(H,29,31). The Morgan fingerprint density at radius 3 is 2.65 bits per heavy atom. The number of halogens is 1. The molecule has 2 aromatic carbocycles. The number of ether oxygens (including phenoxy) is 3. The number of rotatable bonds is 9. The number of carbonyl (C=O) groups is 1. The van der Waals surface area contributed by atoms with Gasteiger partial charge in [-0.1, -0.05) is 59.2 Å². The van der Waals surface area contributed by atoms with Crippen molar-refractivity contribution in [3.8, 4) is 5.75 Å². The lowest BCUT2D eigenvalue weighted by atomic mass is 9.95. The normalized spacial score (nSPS) is 11.5. The number of anilines is 1. The van der Waals surface area contributed by atoms with Gasteiger partial charge in [0.1, 0.15) is 11.3 Å². The van der Waals surface area contributed by atoms with Gasteiger partial charge in [-0.25, -0.2) is 9.78 Å². The van der Waals surface area contributed by atoms with Gasteiger partial charge in [0.15, 0.2) is 5.75 Å². The fourth-order valence-corrected chi connectivity index (χ4v) is 3.95. The molecule has 11 heteroatoms. The van der Waals surface area contributed by atoms with Crippen LogP contribution >= 0.6 is 11.6 Å². The number of nitrogens with zero attached hydrogens (tertiary/aromatic N) is 5. The zero-order chi connectivity index (χ0) is 26.2. The Balaban J connectivity index is 1.82. The maximum atomic E-state index is 11.9. The summed E-state index contributed by atoms with van der Waals surface area (Å²) in [7, 11) is 0. The summed E-state index contributed by atoms with van der Waals surface area (Å²) in [5, 5.41) is 8.16. The predicted molar refractivity (Wildman–Crippen MR) is 140 cm³/mol. The van der Waals surface area contributed by atoms with Crippen LogP contribution in [-0.4, -0.2) is 29.0 Å². The molecule has 188 valence electrons. The predicted octanol–water partition coefficient (Wildman–Crippen LogP) is 7.32. The molecule has 0 bridgehead atoms. The van der Waals surface area contributed by atoms with Gasteiger partial charge in [-0.3, -0.25) is 4.98 Å². The Kier molecular flexibility index (Phi) is 8.25. The fraction of sp³-hybridized carbons (Fsp3) is 0.192. The van der Waals surface area contributed by atoms with Crippen LogP contribution < -0.4 is 10.1 Å². The molecule has 4 rings (SSSR count). The molecule has 0 aliphatic carbocycles. The van der Waals surface area contributed by atoms with Gasteiger partial charge in [0.2, 0.25) is 6.79 Å². The fourth-order valence-electron chi connectivity index (χ4n) is 3.68. The lowest BCUT2D eigenvalue weighted by Crippen LogP contribution is -2.18. The molecule has 0 fully saturated rings. The van der Waals surface area contributed by atoms with Gasteiger partial charge in [0.05, 0.1) is 22.9 Å². The Morgan fingerprint density at radius 2 is 1.89 bits per heavy atom. The molecule has 4 aromatic rings. The molecule has 0 radical (unpaired) electrons. The second-order valence-corrected chi connectivity index (χ2v) is 8.42. The lowest BCUT2D eigenvalue weighted by molar-refractivity contribution is -0.00807. The zero-order valence-electron chi connectivity index (χ0n) is 20.0. The summed E-state index contributed by atoms with van der Waals surface area (Å²) < 4.78 is 16.1. The van der Waals surface area contributed by atoms with Crippen molar-refractivity contribution in [2.45, 2.75) is 26.0 Å². The van der Waals surface area contributed by atoms with E-state index in [0.29, 0.717) is 28.2 Å². The molecule has 0 saturated carbocycles. The average molecular weight is 519 g/mol. The van der Waals surface area contributed by atoms with Crippen molar-refractivity contribution in [2.75, 3.05) is 12.1 Å². The van der Waals surface area contributed by atoms with Gasteiger partial charge in [0.25, 0.3) is 0 Å². The van der Waals surface area contributed by atoms with E-state index >= 15 is 0 Å². The van der Waals surface area contributed by atoms with E-state index in [2.05, 4.69) is 25.3 Å². The van der Waals surface area contributed by atoms with E-state index in [0.717, 1.165) is 5.39 Å². The molecule has 0 spiro atoms. The first-order valence-corrected chi connectivity index (χ1v) is 11.7. The molecule has 0 amide bonds. The van der Waals surface area contributed by atoms with Crippen LogP contribution in [0.25, 0.3) is 21.3 Å². The highest BCUT2D eigenvalue weighted by Crippen LogP contribution is 2.41. The first-order valence-electron chi connectivity index (χ1n) is 11.3. The topological polar surface area (TPSA) is 131 Å². The molecule has 0 aliphatic rings. The van der Waals surface area contributed by atoms with E-state index < -0.39 is 19.0 Å². The van der Waals surface area contributed by atoms with E-state index in [-0.39, 0.29) is 16.8 Å². The number of azide groups is 1. The summed E-state index contributed by atoms with van der Waals surface area (Å²) in [6, 6.07) is 17.5. The number of carbonyl (C=O) groups excluding carboxylic acids is 1. The van der Waals surface area contributed by atoms with E-state index in [1.807, 2.05) is 42.5 Å².